The van der Waals surface area contributed by atoms with E-state index in [2.05, 4.69) is 4.98 Å². The molecule has 0 amide bonds. The average molecular weight is 212 g/mol. The van der Waals surface area contributed by atoms with Crippen molar-refractivity contribution in [2.75, 3.05) is 6.61 Å². The number of ether oxygens (including phenoxy) is 1. The van der Waals surface area contributed by atoms with Crippen LogP contribution in [0.1, 0.15) is 17.3 Å². The molecule has 0 saturated heterocycles. The maximum Gasteiger partial charge on any atom is 0.367 e. The number of hydrogen-bond acceptors (Lipinski definition) is 5. The van der Waals surface area contributed by atoms with Gasteiger partial charge < -0.3 is 20.0 Å². The number of carboxylic acid groups (broad SMARTS) is 1. The van der Waals surface area contributed by atoms with Crippen molar-refractivity contribution in [3.63, 3.8) is 0 Å². The van der Waals surface area contributed by atoms with Crippen LogP contribution in [0.25, 0.3) is 0 Å². The molecule has 0 aliphatic carbocycles. The first kappa shape index (κ1) is 10.9. The van der Waals surface area contributed by atoms with Crippen molar-refractivity contribution in [2.45, 2.75) is 6.92 Å². The first-order valence-electron chi connectivity index (χ1n) is 4.07. The number of aromatic carboxylic acids is 1. The van der Waals surface area contributed by atoms with Crippen molar-refractivity contribution >= 4 is 11.8 Å². The minimum absolute atomic E-state index is 0.189. The Balaban J connectivity index is 3.20. The first-order valence-corrected chi connectivity index (χ1v) is 4.07. The van der Waals surface area contributed by atoms with Crippen LogP contribution in [0, 0.1) is 10.1 Å². The highest BCUT2D eigenvalue weighted by Gasteiger charge is 2.20. The van der Waals surface area contributed by atoms with Gasteiger partial charge in [-0.3, -0.25) is 0 Å². The Morgan fingerprint density at radius 1 is 1.67 bits per heavy atom. The molecule has 80 valence electrons. The third kappa shape index (κ3) is 2.39. The Bertz CT molecular complexity index is 404. The van der Waals surface area contributed by atoms with Crippen LogP contribution in [0.2, 0.25) is 0 Å². The molecule has 0 saturated carbocycles. The van der Waals surface area contributed by atoms with Gasteiger partial charge in [0.15, 0.2) is 0 Å². The molecule has 7 nitrogen and oxygen atoms in total. The van der Waals surface area contributed by atoms with Crippen LogP contribution in [0.5, 0.6) is 5.88 Å². The third-order valence-electron chi connectivity index (χ3n) is 1.54. The molecule has 0 aromatic carbocycles. The van der Waals surface area contributed by atoms with Gasteiger partial charge in [0.1, 0.15) is 5.56 Å². The summed E-state index contributed by atoms with van der Waals surface area (Å²) in [6.07, 6.45) is 0. The van der Waals surface area contributed by atoms with Crippen LogP contribution in [0.4, 0.5) is 5.82 Å². The Hall–Kier alpha value is -2.18. The number of rotatable bonds is 4. The molecule has 0 aliphatic heterocycles. The molecule has 0 bridgehead atoms. The highest BCUT2D eigenvalue weighted by Crippen LogP contribution is 2.19. The van der Waals surface area contributed by atoms with Gasteiger partial charge in [-0.1, -0.05) is 0 Å². The fourth-order valence-corrected chi connectivity index (χ4v) is 0.942. The van der Waals surface area contributed by atoms with Crippen molar-refractivity contribution in [1.82, 2.24) is 4.98 Å². The second-order valence-corrected chi connectivity index (χ2v) is 2.52. The predicted molar refractivity (Wildman–Crippen MR) is 49.0 cm³/mol. The molecule has 1 aromatic heterocycles. The van der Waals surface area contributed by atoms with Crippen molar-refractivity contribution in [3.8, 4) is 5.88 Å². The summed E-state index contributed by atoms with van der Waals surface area (Å²) >= 11 is 0. The Kier molecular flexibility index (Phi) is 3.17. The molecule has 0 unspecified atom stereocenters. The molecule has 1 rings (SSSR count). The summed E-state index contributed by atoms with van der Waals surface area (Å²) in [4.78, 5) is 23.8. The monoisotopic (exact) mass is 212 g/mol. The zero-order valence-corrected chi connectivity index (χ0v) is 7.84. The van der Waals surface area contributed by atoms with E-state index in [-0.39, 0.29) is 18.1 Å². The van der Waals surface area contributed by atoms with Gasteiger partial charge in [-0.05, 0) is 17.9 Å². The van der Waals surface area contributed by atoms with Gasteiger partial charge in [0.05, 0.1) is 6.61 Å². The van der Waals surface area contributed by atoms with E-state index >= 15 is 0 Å². The van der Waals surface area contributed by atoms with Crippen molar-refractivity contribution in [1.29, 1.82) is 0 Å². The summed E-state index contributed by atoms with van der Waals surface area (Å²) in [6.45, 7) is 1.82. The van der Waals surface area contributed by atoms with E-state index in [4.69, 9.17) is 9.84 Å². The highest BCUT2D eigenvalue weighted by atomic mass is 16.6. The van der Waals surface area contributed by atoms with Crippen LogP contribution in [-0.4, -0.2) is 27.6 Å². The van der Waals surface area contributed by atoms with E-state index in [1.54, 1.807) is 6.92 Å². The lowest BCUT2D eigenvalue weighted by Crippen LogP contribution is -2.06. The summed E-state index contributed by atoms with van der Waals surface area (Å²) in [5.74, 6) is -1.91. The number of aromatic nitrogens is 1. The van der Waals surface area contributed by atoms with Crippen LogP contribution >= 0.6 is 0 Å². The largest absolute Gasteiger partial charge is 0.477 e. The standard InChI is InChI=1S/C8H8N2O5/c1-2-15-7-5(8(11)12)3-4-6(9-7)10(13)14/h3-4H,2H2,1H3,(H,11,12). The van der Waals surface area contributed by atoms with Crippen LogP contribution < -0.4 is 4.74 Å². The lowest BCUT2D eigenvalue weighted by Gasteiger charge is -2.01. The number of carboxylic acids is 1. The summed E-state index contributed by atoms with van der Waals surface area (Å²) in [7, 11) is 0. The van der Waals surface area contributed by atoms with Crippen molar-refractivity contribution in [3.05, 3.63) is 27.8 Å². The maximum absolute atomic E-state index is 10.7. The summed E-state index contributed by atoms with van der Waals surface area (Å²) in [6, 6.07) is 2.12. The summed E-state index contributed by atoms with van der Waals surface area (Å²) in [5, 5.41) is 19.1. The van der Waals surface area contributed by atoms with Crippen LogP contribution in [-0.2, 0) is 0 Å². The van der Waals surface area contributed by atoms with Crippen molar-refractivity contribution < 1.29 is 19.6 Å². The average Bonchev–Trinajstić information content (AvgIpc) is 2.17. The van der Waals surface area contributed by atoms with E-state index < -0.39 is 16.7 Å². The second kappa shape index (κ2) is 4.36. The Morgan fingerprint density at radius 3 is 2.80 bits per heavy atom. The smallest absolute Gasteiger partial charge is 0.367 e. The number of pyridine rings is 1. The van der Waals surface area contributed by atoms with Crippen molar-refractivity contribution in [2.24, 2.45) is 0 Å². The topological polar surface area (TPSA) is 103 Å². The molecule has 0 spiro atoms. The third-order valence-corrected chi connectivity index (χ3v) is 1.54. The van der Waals surface area contributed by atoms with E-state index in [9.17, 15) is 14.9 Å². The zero-order chi connectivity index (χ0) is 11.4. The zero-order valence-electron chi connectivity index (χ0n) is 7.84. The van der Waals surface area contributed by atoms with Gasteiger partial charge in [-0.25, -0.2) is 4.79 Å². The highest BCUT2D eigenvalue weighted by molar-refractivity contribution is 5.90. The Morgan fingerprint density at radius 2 is 2.33 bits per heavy atom. The van der Waals surface area contributed by atoms with E-state index in [0.717, 1.165) is 12.1 Å². The molecule has 0 aliphatic rings. The Labute approximate surface area is 84.5 Å². The van der Waals surface area contributed by atoms with Gasteiger partial charge >= 0.3 is 17.7 Å². The number of hydrogen-bond donors (Lipinski definition) is 1. The number of nitro groups is 1. The molecule has 1 heterocycles. The SMILES string of the molecule is CCOc1nc([N+](=O)[O-])ccc1C(=O)O. The normalized spacial score (nSPS) is 9.67. The van der Waals surface area contributed by atoms with E-state index in [0.29, 0.717) is 0 Å². The number of nitrogens with zero attached hydrogens (tertiary/aromatic N) is 2. The van der Waals surface area contributed by atoms with Crippen LogP contribution in [0.15, 0.2) is 12.1 Å². The molecule has 0 radical (unpaired) electrons. The molecular weight excluding hydrogens is 204 g/mol. The predicted octanol–water partition coefficient (Wildman–Crippen LogP) is 1.09. The molecule has 0 atom stereocenters. The minimum Gasteiger partial charge on any atom is -0.477 e. The fraction of sp³-hybridized carbons (Fsp3) is 0.250. The van der Waals surface area contributed by atoms with Gasteiger partial charge in [-0.2, -0.15) is 0 Å². The summed E-state index contributed by atoms with van der Waals surface area (Å²) in [5.41, 5.74) is -0.192. The second-order valence-electron chi connectivity index (χ2n) is 2.52. The first-order chi connectivity index (χ1) is 7.06. The molecule has 1 N–H and O–H groups in total. The van der Waals surface area contributed by atoms with Gasteiger partial charge in [0.25, 0.3) is 0 Å². The van der Waals surface area contributed by atoms with E-state index in [1.807, 2.05) is 0 Å². The molecular formula is C8H8N2O5. The van der Waals surface area contributed by atoms with Gasteiger partial charge in [0, 0.05) is 11.1 Å². The van der Waals surface area contributed by atoms with Crippen LogP contribution in [0.3, 0.4) is 0 Å². The van der Waals surface area contributed by atoms with E-state index in [1.165, 1.54) is 0 Å². The molecule has 15 heavy (non-hydrogen) atoms. The lowest BCUT2D eigenvalue weighted by atomic mass is 10.2. The quantitative estimate of drug-likeness (QED) is 0.591. The molecule has 7 heteroatoms. The van der Waals surface area contributed by atoms with Gasteiger partial charge in [-0.15, -0.1) is 0 Å². The lowest BCUT2D eigenvalue weighted by molar-refractivity contribution is -0.389. The summed E-state index contributed by atoms with van der Waals surface area (Å²) < 4.78 is 4.89. The fourth-order valence-electron chi connectivity index (χ4n) is 0.942. The maximum atomic E-state index is 10.7. The molecule has 1 aromatic rings. The molecule has 0 fully saturated rings. The number of carbonyl (C=O) groups is 1. The van der Waals surface area contributed by atoms with Gasteiger partial charge in [0.2, 0.25) is 0 Å². The minimum atomic E-state index is -1.24.